The predicted molar refractivity (Wildman–Crippen MR) is 196 cm³/mol. The van der Waals surface area contributed by atoms with E-state index in [2.05, 4.69) is 27.8 Å². The number of hydrogen-bond donors (Lipinski definition) is 1. The first kappa shape index (κ1) is 36.1. The summed E-state index contributed by atoms with van der Waals surface area (Å²) in [5.74, 6) is 1.32. The molecule has 12 heteroatoms. The molecule has 2 saturated carbocycles. The maximum absolute atomic E-state index is 17.0. The summed E-state index contributed by atoms with van der Waals surface area (Å²) in [6.07, 6.45) is 16.5. The van der Waals surface area contributed by atoms with Crippen molar-refractivity contribution in [3.05, 3.63) is 41.5 Å². The molecule has 10 nitrogen and oxygen atoms in total. The fourth-order valence-corrected chi connectivity index (χ4v) is 8.42. The number of likely N-dealkylation sites (tertiary alicyclic amines) is 1. The van der Waals surface area contributed by atoms with E-state index >= 15 is 4.39 Å². The fourth-order valence-electron chi connectivity index (χ4n) is 8.42. The van der Waals surface area contributed by atoms with Gasteiger partial charge in [0.2, 0.25) is 5.88 Å². The van der Waals surface area contributed by atoms with Crippen LogP contribution in [0, 0.1) is 29.4 Å². The number of methoxy groups -OCH3 is 2. The summed E-state index contributed by atoms with van der Waals surface area (Å²) in [6.45, 7) is 3.72. The molecule has 1 N–H and O–H groups in total. The van der Waals surface area contributed by atoms with Gasteiger partial charge in [0.15, 0.2) is 5.82 Å². The van der Waals surface area contributed by atoms with Crippen molar-refractivity contribution >= 4 is 27.5 Å². The molecule has 0 amide bonds. The minimum atomic E-state index is -0.788. The van der Waals surface area contributed by atoms with Crippen LogP contribution in [-0.4, -0.2) is 97.8 Å². The van der Waals surface area contributed by atoms with Gasteiger partial charge in [-0.1, -0.05) is 18.4 Å². The Balaban J connectivity index is 0.000000638. The summed E-state index contributed by atoms with van der Waals surface area (Å²) < 4.78 is 54.8. The lowest BCUT2D eigenvalue weighted by molar-refractivity contribution is 0.0133. The van der Waals surface area contributed by atoms with Crippen LogP contribution in [0.5, 0.6) is 17.6 Å². The van der Waals surface area contributed by atoms with Gasteiger partial charge in [-0.25, -0.2) is 13.8 Å². The Bertz CT molecular complexity index is 1970. The average Bonchev–Trinajstić information content (AvgIpc) is 3.38. The van der Waals surface area contributed by atoms with Gasteiger partial charge in [-0.15, -0.1) is 6.42 Å². The Morgan fingerprint density at radius 3 is 2.54 bits per heavy atom. The van der Waals surface area contributed by atoms with Crippen molar-refractivity contribution < 1.29 is 32.8 Å². The van der Waals surface area contributed by atoms with Crippen molar-refractivity contribution in [1.82, 2.24) is 19.9 Å². The molecule has 4 fully saturated rings. The van der Waals surface area contributed by atoms with Crippen molar-refractivity contribution in [2.24, 2.45) is 5.41 Å². The number of anilines is 1. The Labute approximate surface area is 303 Å². The number of ether oxygens (including phenoxy) is 4. The third-order valence-corrected chi connectivity index (χ3v) is 11.3. The van der Waals surface area contributed by atoms with E-state index in [1.165, 1.54) is 50.6 Å². The number of pyridine rings is 1. The predicted octanol–water partition coefficient (Wildman–Crippen LogP) is 6.87. The number of piperidine rings is 1. The Morgan fingerprint density at radius 2 is 1.81 bits per heavy atom. The maximum atomic E-state index is 17.0. The Kier molecular flexibility index (Phi) is 10.6. The maximum Gasteiger partial charge on any atom is 0.319 e. The number of rotatable bonds is 7. The second kappa shape index (κ2) is 15.3. The summed E-state index contributed by atoms with van der Waals surface area (Å²) in [5, 5.41) is 11.6. The van der Waals surface area contributed by atoms with E-state index in [0.717, 1.165) is 45.1 Å². The third kappa shape index (κ3) is 6.82. The van der Waals surface area contributed by atoms with E-state index in [1.807, 2.05) is 4.90 Å². The van der Waals surface area contributed by atoms with Gasteiger partial charge in [0, 0.05) is 49.2 Å². The van der Waals surface area contributed by atoms with Gasteiger partial charge in [0.25, 0.3) is 0 Å². The zero-order valence-corrected chi connectivity index (χ0v) is 30.2. The lowest BCUT2D eigenvalue weighted by Gasteiger charge is -2.44. The molecule has 0 bridgehead atoms. The number of terminal acetylenes is 1. The molecule has 2 aliphatic carbocycles. The molecule has 2 aromatic carbocycles. The zero-order chi connectivity index (χ0) is 36.4. The first-order valence-electron chi connectivity index (χ1n) is 18.3. The first-order chi connectivity index (χ1) is 25.3. The van der Waals surface area contributed by atoms with Crippen molar-refractivity contribution in [2.45, 2.75) is 69.9 Å². The number of benzene rings is 2. The molecule has 8 rings (SSSR count). The van der Waals surface area contributed by atoms with E-state index in [4.69, 9.17) is 30.4 Å². The van der Waals surface area contributed by atoms with Gasteiger partial charge in [0.1, 0.15) is 34.0 Å². The van der Waals surface area contributed by atoms with Gasteiger partial charge in [-0.3, -0.25) is 0 Å². The Morgan fingerprint density at radius 1 is 0.981 bits per heavy atom. The minimum Gasteiger partial charge on any atom is -0.508 e. The number of aromatic nitrogens is 3. The number of fused-ring (bicyclic) bond motifs is 3. The van der Waals surface area contributed by atoms with E-state index in [1.54, 1.807) is 7.11 Å². The molecule has 2 aromatic heterocycles. The monoisotopic (exact) mass is 715 g/mol. The lowest BCUT2D eigenvalue weighted by atomic mass is 9.76. The normalized spacial score (nSPS) is 22.2. The summed E-state index contributed by atoms with van der Waals surface area (Å²) in [6, 6.07) is 5.96. The quantitative estimate of drug-likeness (QED) is 0.204. The molecule has 52 heavy (non-hydrogen) atoms. The van der Waals surface area contributed by atoms with Crippen LogP contribution in [0.3, 0.4) is 0 Å². The molecule has 2 unspecified atom stereocenters. The minimum absolute atomic E-state index is 0.0161. The van der Waals surface area contributed by atoms with Gasteiger partial charge in [0.05, 0.1) is 32.0 Å². The topological polar surface area (TPSA) is 102 Å². The van der Waals surface area contributed by atoms with Crippen LogP contribution >= 0.6 is 0 Å². The highest BCUT2D eigenvalue weighted by molar-refractivity contribution is 6.04. The van der Waals surface area contributed by atoms with E-state index in [0.29, 0.717) is 61.6 Å². The molecular formula is C40H47F2N5O5. The zero-order valence-electron chi connectivity index (χ0n) is 30.2. The standard InChI is InChI=1S/C35H37F2N5O4.C5H10O/c1-4-23-25(36)10-9-21-18-22(43)19-24(27(21)23)30-29(37)31-28(33(38-30)44-3)32(42-14-7-16-45-17-15-42)40-34(39-31)46-20-35-11-5-8-26(35)41(2)13-6-12-35;1-6-5-3-2-4-5/h1,9-10,18-19,26,43H,5-8,11-17,20H2,2-3H3;5H,2-4H2,1H3. The number of phenols is 1. The first-order valence-corrected chi connectivity index (χ1v) is 18.3. The Hall–Kier alpha value is -4.31. The fraction of sp³-hybridized carbons (Fsp3) is 0.525. The summed E-state index contributed by atoms with van der Waals surface area (Å²) in [4.78, 5) is 18.5. The van der Waals surface area contributed by atoms with Crippen LogP contribution < -0.4 is 14.4 Å². The van der Waals surface area contributed by atoms with Crippen molar-refractivity contribution in [3.8, 4) is 41.2 Å². The van der Waals surface area contributed by atoms with Crippen LogP contribution in [0.15, 0.2) is 24.3 Å². The molecule has 2 saturated heterocycles. The largest absolute Gasteiger partial charge is 0.508 e. The van der Waals surface area contributed by atoms with Crippen LogP contribution in [0.1, 0.15) is 63.4 Å². The van der Waals surface area contributed by atoms with Gasteiger partial charge < -0.3 is 33.9 Å². The van der Waals surface area contributed by atoms with E-state index < -0.39 is 11.6 Å². The highest BCUT2D eigenvalue weighted by Gasteiger charge is 2.47. The second-order valence-corrected chi connectivity index (χ2v) is 14.4. The van der Waals surface area contributed by atoms with Crippen LogP contribution in [0.2, 0.25) is 0 Å². The highest BCUT2D eigenvalue weighted by atomic mass is 19.1. The molecule has 4 heterocycles. The van der Waals surface area contributed by atoms with Crippen molar-refractivity contribution in [1.29, 1.82) is 0 Å². The average molecular weight is 716 g/mol. The summed E-state index contributed by atoms with van der Waals surface area (Å²) >= 11 is 0. The number of phenolic OH excluding ortho intramolecular Hbond substituents is 1. The number of halogens is 2. The smallest absolute Gasteiger partial charge is 0.319 e. The van der Waals surface area contributed by atoms with E-state index in [9.17, 15) is 9.50 Å². The van der Waals surface area contributed by atoms with Gasteiger partial charge in [-0.05, 0) is 88.5 Å². The van der Waals surface area contributed by atoms with Crippen molar-refractivity contribution in [3.63, 3.8) is 0 Å². The number of aromatic hydroxyl groups is 1. The third-order valence-electron chi connectivity index (χ3n) is 11.3. The molecule has 276 valence electrons. The molecule has 2 atom stereocenters. The van der Waals surface area contributed by atoms with Crippen LogP contribution in [0.4, 0.5) is 14.6 Å². The molecule has 4 aliphatic rings. The SMILES string of the molecule is C#Cc1c(F)ccc2cc(O)cc(-c3nc(OC)c4c(N5CCCOCC5)nc(OCC56CCCC5N(C)CCC6)nc4c3F)c12.COC1CCC1. The molecule has 0 radical (unpaired) electrons. The molecule has 2 aliphatic heterocycles. The van der Waals surface area contributed by atoms with E-state index in [-0.39, 0.29) is 50.8 Å². The van der Waals surface area contributed by atoms with Gasteiger partial charge in [-0.2, -0.15) is 9.97 Å². The molecular weight excluding hydrogens is 668 g/mol. The summed E-state index contributed by atoms with van der Waals surface area (Å²) in [5.41, 5.74) is -0.206. The van der Waals surface area contributed by atoms with Crippen molar-refractivity contribution in [2.75, 3.05) is 65.6 Å². The van der Waals surface area contributed by atoms with Crippen LogP contribution in [0.25, 0.3) is 32.9 Å². The van der Waals surface area contributed by atoms with Crippen LogP contribution in [-0.2, 0) is 9.47 Å². The van der Waals surface area contributed by atoms with Gasteiger partial charge >= 0.3 is 6.01 Å². The summed E-state index contributed by atoms with van der Waals surface area (Å²) in [7, 11) is 5.40. The molecule has 4 aromatic rings. The second-order valence-electron chi connectivity index (χ2n) is 14.4. The highest BCUT2D eigenvalue weighted by Crippen LogP contribution is 2.48. The number of nitrogens with zero attached hydrogens (tertiary/aromatic N) is 5. The lowest BCUT2D eigenvalue weighted by Crippen LogP contribution is -2.50. The molecule has 0 spiro atoms. The number of hydrogen-bond acceptors (Lipinski definition) is 10.